The molecule has 0 unspecified atom stereocenters. The second-order valence-corrected chi connectivity index (χ2v) is 13.5. The molecule has 0 radical (unpaired) electrons. The molecule has 2 saturated heterocycles. The van der Waals surface area contributed by atoms with Crippen LogP contribution in [0.15, 0.2) is 45.8 Å². The van der Waals surface area contributed by atoms with Crippen LogP contribution in [0.5, 0.6) is 0 Å². The Morgan fingerprint density at radius 2 is 2.02 bits per heavy atom. The van der Waals surface area contributed by atoms with E-state index in [-0.39, 0.29) is 35.8 Å². The number of benzene rings is 1. The number of aromatic nitrogens is 1. The number of nitrogens with zero attached hydrogens (tertiary/aromatic N) is 3. The summed E-state index contributed by atoms with van der Waals surface area (Å²) >= 11 is 7.39. The molecule has 3 aromatic rings. The number of anilines is 1. The fourth-order valence-electron chi connectivity index (χ4n) is 5.33. The number of carbonyl (C=O) groups excluding carboxylic acids is 2. The van der Waals surface area contributed by atoms with E-state index in [2.05, 4.69) is 9.88 Å². The maximum absolute atomic E-state index is 14.0. The summed E-state index contributed by atoms with van der Waals surface area (Å²) in [4.78, 5) is 30.4. The van der Waals surface area contributed by atoms with Crippen LogP contribution in [0.2, 0.25) is 4.34 Å². The molecule has 2 fully saturated rings. The maximum Gasteiger partial charge on any atom is 0.253 e. The van der Waals surface area contributed by atoms with Gasteiger partial charge in [-0.05, 0) is 49.1 Å². The van der Waals surface area contributed by atoms with Crippen molar-refractivity contribution in [3.05, 3.63) is 52.0 Å². The number of methoxy groups -OCH3 is 1. The number of rotatable bonds is 10. The number of morpholine rings is 1. The van der Waals surface area contributed by atoms with Gasteiger partial charge in [0.05, 0.1) is 32.5 Å². The van der Waals surface area contributed by atoms with Gasteiger partial charge >= 0.3 is 0 Å². The lowest BCUT2D eigenvalue weighted by molar-refractivity contribution is -0.135. The molecular weight excluding hydrogens is 604 g/mol. The van der Waals surface area contributed by atoms with E-state index >= 15 is 0 Å². The van der Waals surface area contributed by atoms with Gasteiger partial charge < -0.3 is 23.8 Å². The van der Waals surface area contributed by atoms with E-state index in [0.29, 0.717) is 72.5 Å². The summed E-state index contributed by atoms with van der Waals surface area (Å²) in [5.41, 5.74) is 1.44. The summed E-state index contributed by atoms with van der Waals surface area (Å²) in [6, 6.07) is 8.94. The fourth-order valence-corrected chi connectivity index (χ4v) is 7.84. The topological polar surface area (TPSA) is 131 Å². The van der Waals surface area contributed by atoms with Gasteiger partial charge in [0.25, 0.3) is 5.91 Å². The molecule has 0 aliphatic carbocycles. The molecule has 1 aromatic carbocycles. The Morgan fingerprint density at radius 3 is 2.69 bits per heavy atom. The first-order valence-electron chi connectivity index (χ1n) is 13.8. The quantitative estimate of drug-likeness (QED) is 0.358. The van der Waals surface area contributed by atoms with Gasteiger partial charge in [-0.2, -0.15) is 4.72 Å². The molecule has 2 aromatic heterocycles. The molecule has 14 heteroatoms. The van der Waals surface area contributed by atoms with Crippen LogP contribution in [0.4, 0.5) is 5.69 Å². The third kappa shape index (κ3) is 6.71. The lowest BCUT2D eigenvalue weighted by atomic mass is 10.1. The van der Waals surface area contributed by atoms with Crippen molar-refractivity contribution in [3.8, 4) is 10.6 Å². The Kier molecular flexibility index (Phi) is 9.65. The number of halogens is 1. The van der Waals surface area contributed by atoms with Crippen LogP contribution in [-0.4, -0.2) is 82.4 Å². The Labute approximate surface area is 253 Å². The molecular formula is C28H33ClN4O7S2. The number of sulfonamides is 1. The van der Waals surface area contributed by atoms with Crippen LogP contribution in [0, 0.1) is 0 Å². The predicted octanol–water partition coefficient (Wildman–Crippen LogP) is 3.51. The number of likely N-dealkylation sites (tertiary alicyclic amines) is 1. The largest absolute Gasteiger partial charge is 0.381 e. The Morgan fingerprint density at radius 1 is 1.24 bits per heavy atom. The van der Waals surface area contributed by atoms with Gasteiger partial charge in [-0.25, -0.2) is 8.42 Å². The Balaban J connectivity index is 1.44. The van der Waals surface area contributed by atoms with Crippen molar-refractivity contribution in [3.63, 3.8) is 0 Å². The van der Waals surface area contributed by atoms with Gasteiger partial charge in [-0.1, -0.05) is 29.7 Å². The molecule has 4 heterocycles. The van der Waals surface area contributed by atoms with E-state index in [0.717, 1.165) is 4.88 Å². The number of hydrogen-bond donors (Lipinski definition) is 1. The number of thiophene rings is 1. The number of amides is 2. The zero-order chi connectivity index (χ0) is 29.9. The van der Waals surface area contributed by atoms with E-state index in [1.165, 1.54) is 17.4 Å². The molecule has 42 heavy (non-hydrogen) atoms. The van der Waals surface area contributed by atoms with Crippen LogP contribution in [-0.2, 0) is 41.9 Å². The summed E-state index contributed by atoms with van der Waals surface area (Å²) in [5, 5.41) is 4.12. The molecule has 1 atom stereocenters. The number of carbonyl (C=O) groups is 2. The van der Waals surface area contributed by atoms with Gasteiger partial charge in [0.15, 0.2) is 5.76 Å². The van der Waals surface area contributed by atoms with Crippen molar-refractivity contribution in [2.24, 2.45) is 0 Å². The minimum Gasteiger partial charge on any atom is -0.381 e. The van der Waals surface area contributed by atoms with Crippen molar-refractivity contribution in [1.29, 1.82) is 0 Å². The standard InChI is InChI=1S/C28H33ClN4O7S2/c1-3-20-22(33-13-14-39-17-27(33)34)5-4-6-25(20)42(36,37)31-21(28(35)32-11-9-19(38-2)10-12-32)15-18-16-23(40-30-18)24-7-8-26(29)41-24/h4-8,16,19,21,31H,3,9-15,17H2,1-2H3/t21-/m0/s1. The highest BCUT2D eigenvalue weighted by molar-refractivity contribution is 7.89. The minimum atomic E-state index is -4.21. The smallest absolute Gasteiger partial charge is 0.253 e. The third-order valence-electron chi connectivity index (χ3n) is 7.50. The molecule has 0 bridgehead atoms. The van der Waals surface area contributed by atoms with Gasteiger partial charge in [0.1, 0.15) is 12.6 Å². The number of piperidine rings is 1. The second kappa shape index (κ2) is 13.2. The van der Waals surface area contributed by atoms with Crippen molar-refractivity contribution < 1.29 is 32.0 Å². The van der Waals surface area contributed by atoms with Gasteiger partial charge in [-0.3, -0.25) is 9.59 Å². The monoisotopic (exact) mass is 636 g/mol. The van der Waals surface area contributed by atoms with E-state index in [4.69, 9.17) is 25.6 Å². The number of ether oxygens (including phenoxy) is 2. The van der Waals surface area contributed by atoms with Gasteiger partial charge in [0, 0.05) is 44.9 Å². The predicted molar refractivity (Wildman–Crippen MR) is 158 cm³/mol. The summed E-state index contributed by atoms with van der Waals surface area (Å²) in [6.07, 6.45) is 1.71. The second-order valence-electron chi connectivity index (χ2n) is 10.1. The number of nitrogens with one attached hydrogen (secondary N) is 1. The van der Waals surface area contributed by atoms with Crippen molar-refractivity contribution in [2.75, 3.05) is 44.9 Å². The first-order chi connectivity index (χ1) is 20.2. The van der Waals surface area contributed by atoms with Crippen molar-refractivity contribution in [2.45, 2.75) is 49.6 Å². The zero-order valence-electron chi connectivity index (χ0n) is 23.4. The normalized spacial score (nSPS) is 17.5. The number of hydrogen-bond acceptors (Lipinski definition) is 9. The molecule has 2 aliphatic heterocycles. The molecule has 2 aliphatic rings. The highest BCUT2D eigenvalue weighted by atomic mass is 35.5. The highest BCUT2D eigenvalue weighted by Crippen LogP contribution is 2.32. The third-order valence-corrected chi connectivity index (χ3v) is 10.3. The van der Waals surface area contributed by atoms with Crippen molar-refractivity contribution >= 4 is 50.5 Å². The minimum absolute atomic E-state index is 0.0199. The van der Waals surface area contributed by atoms with E-state index in [1.54, 1.807) is 47.2 Å². The van der Waals surface area contributed by atoms with Crippen LogP contribution in [0.1, 0.15) is 31.0 Å². The molecule has 1 N–H and O–H groups in total. The summed E-state index contributed by atoms with van der Waals surface area (Å²) < 4.78 is 47.4. The van der Waals surface area contributed by atoms with Gasteiger partial charge in [0.2, 0.25) is 15.9 Å². The van der Waals surface area contributed by atoms with Crippen molar-refractivity contribution in [1.82, 2.24) is 14.8 Å². The van der Waals surface area contributed by atoms with E-state index in [9.17, 15) is 18.0 Å². The summed E-state index contributed by atoms with van der Waals surface area (Å²) in [7, 11) is -2.56. The average Bonchev–Trinajstić information content (AvgIpc) is 3.65. The highest BCUT2D eigenvalue weighted by Gasteiger charge is 2.34. The SMILES string of the molecule is CCc1c(N2CCOCC2=O)cccc1S(=O)(=O)N[C@@H](Cc1cc(-c2ccc(Cl)s2)on1)C(=O)N1CCC(OC)CC1. The summed E-state index contributed by atoms with van der Waals surface area (Å²) in [5.74, 6) is -0.109. The van der Waals surface area contributed by atoms with Crippen LogP contribution >= 0.6 is 22.9 Å². The van der Waals surface area contributed by atoms with E-state index in [1.807, 2.05) is 6.92 Å². The Hall–Kier alpha value is -2.81. The first-order valence-corrected chi connectivity index (χ1v) is 16.4. The van der Waals surface area contributed by atoms with Crippen LogP contribution in [0.25, 0.3) is 10.6 Å². The lowest BCUT2D eigenvalue weighted by Gasteiger charge is -2.34. The lowest BCUT2D eigenvalue weighted by Crippen LogP contribution is -2.52. The molecule has 0 spiro atoms. The molecule has 5 rings (SSSR count). The fraction of sp³-hybridized carbons (Fsp3) is 0.464. The van der Waals surface area contributed by atoms with Crippen LogP contribution < -0.4 is 9.62 Å². The molecule has 0 saturated carbocycles. The maximum atomic E-state index is 14.0. The van der Waals surface area contributed by atoms with Crippen LogP contribution in [0.3, 0.4) is 0 Å². The molecule has 226 valence electrons. The first kappa shape index (κ1) is 30.6. The molecule has 11 nitrogen and oxygen atoms in total. The molecule has 2 amide bonds. The summed E-state index contributed by atoms with van der Waals surface area (Å²) in [6.45, 7) is 3.35. The van der Waals surface area contributed by atoms with E-state index < -0.39 is 16.1 Å². The Bertz CT molecular complexity index is 1530. The zero-order valence-corrected chi connectivity index (χ0v) is 25.8. The van der Waals surface area contributed by atoms with Gasteiger partial charge in [-0.15, -0.1) is 11.3 Å². The average molecular weight is 637 g/mol.